The zero-order valence-electron chi connectivity index (χ0n) is 11.4. The number of allylic oxidation sites excluding steroid dienone is 1. The van der Waals surface area contributed by atoms with E-state index in [-0.39, 0.29) is 0 Å². The first-order chi connectivity index (χ1) is 10.4. The van der Waals surface area contributed by atoms with Crippen LogP contribution in [-0.4, -0.2) is 21.1 Å². The minimum atomic E-state index is 0.722. The van der Waals surface area contributed by atoms with Gasteiger partial charge in [-0.05, 0) is 11.6 Å². The lowest BCUT2D eigenvalue weighted by molar-refractivity contribution is 0.889. The summed E-state index contributed by atoms with van der Waals surface area (Å²) in [5.41, 5.74) is 2.12. The SMILES string of the molecule is C(/C=C/c1ccccc1)=N/n1cnnc1-c1ccccc1. The Balaban J connectivity index is 1.76. The van der Waals surface area contributed by atoms with E-state index in [1.54, 1.807) is 17.2 Å². The summed E-state index contributed by atoms with van der Waals surface area (Å²) < 4.78 is 1.66. The lowest BCUT2D eigenvalue weighted by Gasteiger charge is -1.98. The third kappa shape index (κ3) is 3.30. The van der Waals surface area contributed by atoms with Crippen LogP contribution >= 0.6 is 0 Å². The van der Waals surface area contributed by atoms with E-state index >= 15 is 0 Å². The molecule has 4 nitrogen and oxygen atoms in total. The Bertz CT molecular complexity index is 743. The van der Waals surface area contributed by atoms with Crippen molar-refractivity contribution < 1.29 is 0 Å². The van der Waals surface area contributed by atoms with Crippen molar-refractivity contribution in [3.63, 3.8) is 0 Å². The number of hydrogen-bond donors (Lipinski definition) is 0. The van der Waals surface area contributed by atoms with Gasteiger partial charge in [0.2, 0.25) is 0 Å². The largest absolute Gasteiger partial charge is 0.200 e. The van der Waals surface area contributed by atoms with Crippen molar-refractivity contribution in [1.82, 2.24) is 14.9 Å². The molecular formula is C17H14N4. The number of rotatable bonds is 4. The van der Waals surface area contributed by atoms with Crippen LogP contribution < -0.4 is 0 Å². The molecule has 0 fully saturated rings. The van der Waals surface area contributed by atoms with Crippen molar-refractivity contribution in [1.29, 1.82) is 0 Å². The molecule has 0 aliphatic carbocycles. The molecule has 4 heteroatoms. The van der Waals surface area contributed by atoms with E-state index in [9.17, 15) is 0 Å². The number of benzene rings is 2. The molecule has 0 saturated carbocycles. The average Bonchev–Trinajstić information content (AvgIpc) is 3.02. The van der Waals surface area contributed by atoms with Crippen LogP contribution in [0.15, 0.2) is 78.2 Å². The van der Waals surface area contributed by atoms with Crippen molar-refractivity contribution in [2.45, 2.75) is 0 Å². The highest BCUT2D eigenvalue weighted by atomic mass is 15.4. The van der Waals surface area contributed by atoms with E-state index < -0.39 is 0 Å². The maximum atomic E-state index is 4.34. The Labute approximate surface area is 123 Å². The summed E-state index contributed by atoms with van der Waals surface area (Å²) in [7, 11) is 0. The first-order valence-electron chi connectivity index (χ1n) is 6.65. The molecule has 2 aromatic carbocycles. The summed E-state index contributed by atoms with van der Waals surface area (Å²) in [4.78, 5) is 0. The Morgan fingerprint density at radius 3 is 2.38 bits per heavy atom. The zero-order valence-corrected chi connectivity index (χ0v) is 11.4. The van der Waals surface area contributed by atoms with Crippen molar-refractivity contribution in [2.75, 3.05) is 0 Å². The van der Waals surface area contributed by atoms with Crippen molar-refractivity contribution in [2.24, 2.45) is 5.10 Å². The Kier molecular flexibility index (Phi) is 3.98. The maximum absolute atomic E-state index is 4.34. The summed E-state index contributed by atoms with van der Waals surface area (Å²) in [6, 6.07) is 19.9. The minimum absolute atomic E-state index is 0.722. The Morgan fingerprint density at radius 1 is 0.905 bits per heavy atom. The molecule has 3 aromatic rings. The van der Waals surface area contributed by atoms with Crippen LogP contribution in [0.1, 0.15) is 5.56 Å². The molecule has 3 rings (SSSR count). The Hall–Kier alpha value is -3.01. The molecular weight excluding hydrogens is 260 g/mol. The van der Waals surface area contributed by atoms with Gasteiger partial charge in [-0.1, -0.05) is 66.7 Å². The highest BCUT2D eigenvalue weighted by molar-refractivity contribution is 5.78. The van der Waals surface area contributed by atoms with E-state index in [4.69, 9.17) is 0 Å². The second-order valence-corrected chi connectivity index (χ2v) is 4.40. The fraction of sp³-hybridized carbons (Fsp3) is 0. The van der Waals surface area contributed by atoms with E-state index in [0.717, 1.165) is 17.0 Å². The molecule has 0 aliphatic heterocycles. The van der Waals surface area contributed by atoms with Gasteiger partial charge in [0.25, 0.3) is 0 Å². The molecule has 0 spiro atoms. The quantitative estimate of drug-likeness (QED) is 0.683. The predicted octanol–water partition coefficient (Wildman–Crippen LogP) is 3.49. The van der Waals surface area contributed by atoms with Gasteiger partial charge in [0.15, 0.2) is 5.82 Å². The average molecular weight is 274 g/mol. The molecule has 0 amide bonds. The smallest absolute Gasteiger partial charge is 0.184 e. The first kappa shape index (κ1) is 13.0. The highest BCUT2D eigenvalue weighted by Gasteiger charge is 2.04. The molecule has 1 heterocycles. The molecule has 0 N–H and O–H groups in total. The first-order valence-corrected chi connectivity index (χ1v) is 6.65. The van der Waals surface area contributed by atoms with Crippen LogP contribution in [0.25, 0.3) is 17.5 Å². The molecule has 1 aromatic heterocycles. The van der Waals surface area contributed by atoms with Gasteiger partial charge in [-0.25, -0.2) is 0 Å². The van der Waals surface area contributed by atoms with Crippen LogP contribution in [0, 0.1) is 0 Å². The van der Waals surface area contributed by atoms with Crippen LogP contribution in [0.4, 0.5) is 0 Å². The molecule has 0 bridgehead atoms. The number of nitrogens with zero attached hydrogens (tertiary/aromatic N) is 4. The second-order valence-electron chi connectivity index (χ2n) is 4.40. The molecule has 0 unspecified atom stereocenters. The topological polar surface area (TPSA) is 43.1 Å². The normalized spacial score (nSPS) is 11.4. The van der Waals surface area contributed by atoms with E-state index in [0.29, 0.717) is 0 Å². The van der Waals surface area contributed by atoms with Gasteiger partial charge in [0.05, 0.1) is 0 Å². The van der Waals surface area contributed by atoms with E-state index in [2.05, 4.69) is 15.3 Å². The molecule has 102 valence electrons. The fourth-order valence-electron chi connectivity index (χ4n) is 1.92. The van der Waals surface area contributed by atoms with Gasteiger partial charge in [-0.2, -0.15) is 9.78 Å². The van der Waals surface area contributed by atoms with Crippen LogP contribution in [-0.2, 0) is 0 Å². The predicted molar refractivity (Wildman–Crippen MR) is 84.8 cm³/mol. The van der Waals surface area contributed by atoms with Crippen LogP contribution in [0.5, 0.6) is 0 Å². The number of hydrogen-bond acceptors (Lipinski definition) is 3. The summed E-state index contributed by atoms with van der Waals surface area (Å²) >= 11 is 0. The molecule has 0 radical (unpaired) electrons. The third-order valence-corrected chi connectivity index (χ3v) is 2.93. The van der Waals surface area contributed by atoms with Gasteiger partial charge in [-0.15, -0.1) is 10.2 Å². The third-order valence-electron chi connectivity index (χ3n) is 2.93. The van der Waals surface area contributed by atoms with Gasteiger partial charge < -0.3 is 0 Å². The van der Waals surface area contributed by atoms with Gasteiger partial charge in [0.1, 0.15) is 6.33 Å². The second kappa shape index (κ2) is 6.43. The lowest BCUT2D eigenvalue weighted by atomic mass is 10.2. The minimum Gasteiger partial charge on any atom is -0.200 e. The van der Waals surface area contributed by atoms with Crippen LogP contribution in [0.2, 0.25) is 0 Å². The summed E-state index contributed by atoms with van der Waals surface area (Å²) in [5.74, 6) is 0.722. The summed E-state index contributed by atoms with van der Waals surface area (Å²) in [6.45, 7) is 0. The van der Waals surface area contributed by atoms with Crippen molar-refractivity contribution in [3.05, 3.63) is 78.6 Å². The number of aromatic nitrogens is 3. The monoisotopic (exact) mass is 274 g/mol. The molecule has 0 aliphatic rings. The summed E-state index contributed by atoms with van der Waals surface area (Å²) in [6.07, 6.45) is 7.21. The van der Waals surface area contributed by atoms with Gasteiger partial charge >= 0.3 is 0 Å². The molecule has 0 atom stereocenters. The molecule has 21 heavy (non-hydrogen) atoms. The molecule has 0 saturated heterocycles. The Morgan fingerprint density at radius 2 is 1.62 bits per heavy atom. The standard InChI is InChI=1S/C17H14N4/c1-3-8-15(9-4-1)10-7-13-19-21-14-18-20-17(21)16-11-5-2-6-12-16/h1-14H/b10-7+,19-13-. The van der Waals surface area contributed by atoms with E-state index in [1.165, 1.54) is 0 Å². The van der Waals surface area contributed by atoms with Gasteiger partial charge in [-0.3, -0.25) is 0 Å². The maximum Gasteiger partial charge on any atom is 0.184 e. The summed E-state index contributed by atoms with van der Waals surface area (Å²) in [5, 5.41) is 12.3. The lowest BCUT2D eigenvalue weighted by Crippen LogP contribution is -1.91. The zero-order chi connectivity index (χ0) is 14.3. The van der Waals surface area contributed by atoms with E-state index in [1.807, 2.05) is 72.8 Å². The fourth-order valence-corrected chi connectivity index (χ4v) is 1.92. The van der Waals surface area contributed by atoms with Gasteiger partial charge in [0, 0.05) is 11.8 Å². The highest BCUT2D eigenvalue weighted by Crippen LogP contribution is 2.15. The van der Waals surface area contributed by atoms with Crippen LogP contribution in [0.3, 0.4) is 0 Å². The van der Waals surface area contributed by atoms with Crippen molar-refractivity contribution >= 4 is 12.3 Å². The van der Waals surface area contributed by atoms with Crippen molar-refractivity contribution in [3.8, 4) is 11.4 Å².